The molecule has 2 aromatic heterocycles. The van der Waals surface area contributed by atoms with Crippen molar-refractivity contribution in [3.05, 3.63) is 81.0 Å². The fourth-order valence-electron chi connectivity index (χ4n) is 2.93. The molecule has 10 heteroatoms. The van der Waals surface area contributed by atoms with Crippen LogP contribution in [0.2, 0.25) is 0 Å². The quantitative estimate of drug-likeness (QED) is 0.288. The van der Waals surface area contributed by atoms with Crippen LogP contribution in [0.15, 0.2) is 59.3 Å². The van der Waals surface area contributed by atoms with Gasteiger partial charge in [0.25, 0.3) is 0 Å². The lowest BCUT2D eigenvalue weighted by Gasteiger charge is -2.12. The summed E-state index contributed by atoms with van der Waals surface area (Å²) in [7, 11) is 0. The van der Waals surface area contributed by atoms with Crippen LogP contribution in [0.25, 0.3) is 10.9 Å². The van der Waals surface area contributed by atoms with Gasteiger partial charge in [-0.2, -0.15) is 0 Å². The number of para-hydroxylation sites is 1. The summed E-state index contributed by atoms with van der Waals surface area (Å²) in [5.74, 6) is -0.755. The first-order valence-electron chi connectivity index (χ1n) is 8.77. The van der Waals surface area contributed by atoms with Gasteiger partial charge in [-0.05, 0) is 37.3 Å². The zero-order valence-corrected chi connectivity index (χ0v) is 17.1. The smallest absolute Gasteiger partial charge is 0.332 e. The van der Waals surface area contributed by atoms with Crippen LogP contribution < -0.4 is 10.6 Å². The molecule has 30 heavy (non-hydrogen) atoms. The number of hydrogen-bond donors (Lipinski definition) is 2. The molecule has 0 saturated heterocycles. The van der Waals surface area contributed by atoms with Gasteiger partial charge in [-0.25, -0.2) is 14.4 Å². The second kappa shape index (κ2) is 7.99. The van der Waals surface area contributed by atoms with E-state index in [0.29, 0.717) is 15.7 Å². The SMILES string of the molecule is Cc1ccc2cccc(Nc3ncnc(Nc4ccc(Br)cc4F)c3[N+](=O)[O-])c2n1. The topological polar surface area (TPSA) is 106 Å². The first-order valence-corrected chi connectivity index (χ1v) is 9.56. The summed E-state index contributed by atoms with van der Waals surface area (Å²) in [6, 6.07) is 13.6. The van der Waals surface area contributed by atoms with Crippen molar-refractivity contribution in [3.63, 3.8) is 0 Å². The summed E-state index contributed by atoms with van der Waals surface area (Å²) >= 11 is 3.18. The van der Waals surface area contributed by atoms with Gasteiger partial charge in [0.2, 0.25) is 11.6 Å². The maximum Gasteiger partial charge on any atom is 0.353 e. The molecule has 4 rings (SSSR count). The van der Waals surface area contributed by atoms with Gasteiger partial charge < -0.3 is 10.6 Å². The second-order valence-electron chi connectivity index (χ2n) is 6.38. The van der Waals surface area contributed by atoms with Crippen LogP contribution in [0, 0.1) is 22.9 Å². The fourth-order valence-corrected chi connectivity index (χ4v) is 3.26. The molecule has 0 atom stereocenters. The minimum absolute atomic E-state index is 0.0363. The van der Waals surface area contributed by atoms with Crippen LogP contribution in [-0.4, -0.2) is 19.9 Å². The van der Waals surface area contributed by atoms with Crippen molar-refractivity contribution in [2.75, 3.05) is 10.6 Å². The van der Waals surface area contributed by atoms with Gasteiger partial charge in [0, 0.05) is 15.6 Å². The molecular weight excluding hydrogens is 455 g/mol. The number of aromatic nitrogens is 3. The molecule has 0 bridgehead atoms. The van der Waals surface area contributed by atoms with Gasteiger partial charge in [0.1, 0.15) is 12.1 Å². The first-order chi connectivity index (χ1) is 14.4. The summed E-state index contributed by atoms with van der Waals surface area (Å²) in [4.78, 5) is 23.7. The van der Waals surface area contributed by atoms with Gasteiger partial charge in [-0.1, -0.05) is 34.1 Å². The number of hydrogen-bond acceptors (Lipinski definition) is 7. The Morgan fingerprint density at radius 1 is 1.03 bits per heavy atom. The number of aryl methyl sites for hydroxylation is 1. The van der Waals surface area contributed by atoms with Crippen molar-refractivity contribution < 1.29 is 9.31 Å². The Balaban J connectivity index is 1.77. The maximum absolute atomic E-state index is 14.2. The Hall–Kier alpha value is -3.66. The molecule has 0 aliphatic rings. The molecule has 0 aliphatic carbocycles. The molecule has 2 heterocycles. The van der Waals surface area contributed by atoms with Crippen molar-refractivity contribution in [3.8, 4) is 0 Å². The van der Waals surface area contributed by atoms with E-state index in [4.69, 9.17) is 0 Å². The highest BCUT2D eigenvalue weighted by atomic mass is 79.9. The van der Waals surface area contributed by atoms with Crippen LogP contribution >= 0.6 is 15.9 Å². The molecule has 0 spiro atoms. The Kier molecular flexibility index (Phi) is 5.23. The van der Waals surface area contributed by atoms with Crippen LogP contribution in [0.3, 0.4) is 0 Å². The maximum atomic E-state index is 14.2. The van der Waals surface area contributed by atoms with Crippen LogP contribution in [0.5, 0.6) is 0 Å². The van der Waals surface area contributed by atoms with Gasteiger partial charge in [0.05, 0.1) is 21.8 Å². The molecule has 2 aromatic carbocycles. The molecule has 0 aliphatic heterocycles. The molecule has 8 nitrogen and oxygen atoms in total. The molecule has 150 valence electrons. The van der Waals surface area contributed by atoms with Gasteiger partial charge in [-0.3, -0.25) is 15.1 Å². The van der Waals surface area contributed by atoms with E-state index >= 15 is 0 Å². The van der Waals surface area contributed by atoms with Crippen molar-refractivity contribution in [2.45, 2.75) is 6.92 Å². The third-order valence-electron chi connectivity index (χ3n) is 4.30. The molecule has 4 aromatic rings. The Morgan fingerprint density at radius 2 is 1.77 bits per heavy atom. The van der Waals surface area contributed by atoms with E-state index in [0.717, 1.165) is 17.4 Å². The number of nitrogens with one attached hydrogen (secondary N) is 2. The van der Waals surface area contributed by atoms with Crippen molar-refractivity contribution in [2.24, 2.45) is 0 Å². The summed E-state index contributed by atoms with van der Waals surface area (Å²) in [6.07, 6.45) is 1.16. The first kappa shape index (κ1) is 19.6. The van der Waals surface area contributed by atoms with E-state index in [9.17, 15) is 14.5 Å². The lowest BCUT2D eigenvalue weighted by Crippen LogP contribution is -2.06. The zero-order valence-electron chi connectivity index (χ0n) is 15.6. The summed E-state index contributed by atoms with van der Waals surface area (Å²) in [6.45, 7) is 1.86. The average Bonchev–Trinajstić information content (AvgIpc) is 2.70. The Morgan fingerprint density at radius 3 is 2.47 bits per heavy atom. The summed E-state index contributed by atoms with van der Waals surface area (Å²) in [5, 5.41) is 18.3. The molecule has 2 N–H and O–H groups in total. The number of nitro groups is 1. The standard InChI is InChI=1S/C20H14BrFN6O2/c1-11-5-6-12-3-2-4-16(17(12)25-11)27-20-18(28(29)30)19(23-10-24-20)26-15-8-7-13(21)9-14(15)22/h2-10H,1H3,(H2,23,24,26,27). The van der Waals surface area contributed by atoms with Crippen LogP contribution in [0.1, 0.15) is 5.69 Å². The lowest BCUT2D eigenvalue weighted by molar-refractivity contribution is -0.383. The third-order valence-corrected chi connectivity index (χ3v) is 4.79. The van der Waals surface area contributed by atoms with Crippen LogP contribution in [0.4, 0.5) is 33.1 Å². The fraction of sp³-hybridized carbons (Fsp3) is 0.0500. The number of halogens is 2. The van der Waals surface area contributed by atoms with E-state index in [2.05, 4.69) is 41.5 Å². The molecule has 0 amide bonds. The number of rotatable bonds is 5. The van der Waals surface area contributed by atoms with E-state index in [1.54, 1.807) is 12.1 Å². The predicted octanol–water partition coefficient (Wildman–Crippen LogP) is 5.63. The molecular formula is C20H14BrFN6O2. The molecule has 0 saturated carbocycles. The Labute approximate surface area is 178 Å². The minimum Gasteiger partial charge on any atom is -0.332 e. The summed E-state index contributed by atoms with van der Waals surface area (Å²) in [5.41, 5.74) is 1.65. The molecule has 0 unspecified atom stereocenters. The Bertz CT molecular complexity index is 1280. The van der Waals surface area contributed by atoms with Crippen molar-refractivity contribution in [1.29, 1.82) is 0 Å². The number of anilines is 4. The normalized spacial score (nSPS) is 10.8. The van der Waals surface area contributed by atoms with E-state index in [-0.39, 0.29) is 17.3 Å². The summed E-state index contributed by atoms with van der Waals surface area (Å²) < 4.78 is 14.7. The highest BCUT2D eigenvalue weighted by molar-refractivity contribution is 9.10. The zero-order chi connectivity index (χ0) is 21.3. The van der Waals surface area contributed by atoms with Gasteiger partial charge in [-0.15, -0.1) is 0 Å². The second-order valence-corrected chi connectivity index (χ2v) is 7.30. The highest BCUT2D eigenvalue weighted by Crippen LogP contribution is 2.35. The minimum atomic E-state index is -0.620. The molecule has 0 fully saturated rings. The van der Waals surface area contributed by atoms with E-state index < -0.39 is 16.4 Å². The highest BCUT2D eigenvalue weighted by Gasteiger charge is 2.24. The largest absolute Gasteiger partial charge is 0.353 e. The monoisotopic (exact) mass is 468 g/mol. The number of pyridine rings is 1. The number of benzene rings is 2. The number of nitrogens with zero attached hydrogens (tertiary/aromatic N) is 4. The van der Waals surface area contributed by atoms with Gasteiger partial charge in [0.15, 0.2) is 0 Å². The predicted molar refractivity (Wildman–Crippen MR) is 116 cm³/mol. The van der Waals surface area contributed by atoms with E-state index in [1.165, 1.54) is 12.1 Å². The van der Waals surface area contributed by atoms with E-state index in [1.807, 2.05) is 31.2 Å². The lowest BCUT2D eigenvalue weighted by atomic mass is 10.1. The third kappa shape index (κ3) is 3.90. The number of fused-ring (bicyclic) bond motifs is 1. The average molecular weight is 469 g/mol. The van der Waals surface area contributed by atoms with Crippen LogP contribution in [-0.2, 0) is 0 Å². The van der Waals surface area contributed by atoms with Crippen molar-refractivity contribution in [1.82, 2.24) is 15.0 Å². The van der Waals surface area contributed by atoms with Gasteiger partial charge >= 0.3 is 5.69 Å². The van der Waals surface area contributed by atoms with Crippen molar-refractivity contribution >= 4 is 55.5 Å². The molecule has 0 radical (unpaired) electrons.